The molecule has 0 radical (unpaired) electrons. The summed E-state index contributed by atoms with van der Waals surface area (Å²) in [5.41, 5.74) is 2.25. The Kier molecular flexibility index (Phi) is 3.83. The van der Waals surface area contributed by atoms with Crippen LogP contribution in [0.25, 0.3) is 10.9 Å². The molecule has 0 N–H and O–H groups in total. The van der Waals surface area contributed by atoms with Crippen molar-refractivity contribution in [3.8, 4) is 0 Å². The zero-order valence-corrected chi connectivity index (χ0v) is 12.2. The van der Waals surface area contributed by atoms with E-state index in [0.29, 0.717) is 6.10 Å². The molecule has 4 heteroatoms. The summed E-state index contributed by atoms with van der Waals surface area (Å²) in [6.45, 7) is 6.93. The molecule has 0 saturated carbocycles. The van der Waals surface area contributed by atoms with Gasteiger partial charge >= 0.3 is 0 Å². The summed E-state index contributed by atoms with van der Waals surface area (Å²) in [5.74, 6) is 1.05. The van der Waals surface area contributed by atoms with Crippen LogP contribution >= 0.6 is 0 Å². The zero-order valence-electron chi connectivity index (χ0n) is 12.2. The molecule has 1 aliphatic rings. The fraction of sp³-hybridized carbons (Fsp3) is 0.500. The number of fused-ring (bicyclic) bond motifs is 1. The number of benzene rings is 1. The second-order valence-electron chi connectivity index (χ2n) is 5.33. The van der Waals surface area contributed by atoms with Crippen LogP contribution in [0.3, 0.4) is 0 Å². The first-order valence-electron chi connectivity index (χ1n) is 7.36. The zero-order chi connectivity index (χ0) is 13.9. The Labute approximate surface area is 119 Å². The minimum absolute atomic E-state index is 0.322. The average Bonchev–Trinajstić information content (AvgIpc) is 2.48. The topological polar surface area (TPSA) is 38.2 Å². The second kappa shape index (κ2) is 5.75. The third-order valence-corrected chi connectivity index (χ3v) is 3.93. The summed E-state index contributed by atoms with van der Waals surface area (Å²) in [5, 5.41) is 1.17. The van der Waals surface area contributed by atoms with Gasteiger partial charge in [-0.2, -0.15) is 0 Å². The van der Waals surface area contributed by atoms with Gasteiger partial charge in [0.25, 0.3) is 0 Å². The molecule has 2 aromatic rings. The molecule has 0 bridgehead atoms. The van der Waals surface area contributed by atoms with E-state index < -0.39 is 0 Å². The van der Waals surface area contributed by atoms with Crippen molar-refractivity contribution in [3.05, 3.63) is 30.1 Å². The van der Waals surface area contributed by atoms with Crippen LogP contribution in [0, 0.1) is 6.92 Å². The van der Waals surface area contributed by atoms with Gasteiger partial charge < -0.3 is 9.64 Å². The number of ether oxygens (including phenoxy) is 1. The van der Waals surface area contributed by atoms with Crippen molar-refractivity contribution in [2.75, 3.05) is 24.6 Å². The van der Waals surface area contributed by atoms with Crippen LogP contribution in [0.2, 0.25) is 0 Å². The third kappa shape index (κ3) is 2.48. The SMILES string of the molecule is CCOC1CCCN(c2ncnc3cccc(C)c23)C1. The molecule has 20 heavy (non-hydrogen) atoms. The molecule has 1 unspecified atom stereocenters. The Morgan fingerprint density at radius 2 is 2.25 bits per heavy atom. The molecule has 1 fully saturated rings. The van der Waals surface area contributed by atoms with Gasteiger partial charge in [0.05, 0.1) is 11.6 Å². The van der Waals surface area contributed by atoms with Crippen molar-refractivity contribution in [2.24, 2.45) is 0 Å². The van der Waals surface area contributed by atoms with Crippen molar-refractivity contribution in [1.82, 2.24) is 9.97 Å². The van der Waals surface area contributed by atoms with Gasteiger partial charge in [0.15, 0.2) is 0 Å². The van der Waals surface area contributed by atoms with Crippen LogP contribution in [0.15, 0.2) is 24.5 Å². The molecule has 0 amide bonds. The maximum atomic E-state index is 5.79. The van der Waals surface area contributed by atoms with E-state index in [1.54, 1.807) is 6.33 Å². The summed E-state index contributed by atoms with van der Waals surface area (Å²) in [4.78, 5) is 11.3. The van der Waals surface area contributed by atoms with Gasteiger partial charge in [-0.1, -0.05) is 12.1 Å². The number of nitrogens with zero attached hydrogens (tertiary/aromatic N) is 3. The van der Waals surface area contributed by atoms with Crippen molar-refractivity contribution >= 4 is 16.7 Å². The second-order valence-corrected chi connectivity index (χ2v) is 5.33. The summed E-state index contributed by atoms with van der Waals surface area (Å²) < 4.78 is 5.79. The molecule has 1 atom stereocenters. The Morgan fingerprint density at radius 3 is 3.10 bits per heavy atom. The van der Waals surface area contributed by atoms with Gasteiger partial charge in [-0.25, -0.2) is 9.97 Å². The lowest BCUT2D eigenvalue weighted by atomic mass is 10.1. The number of hydrogen-bond donors (Lipinski definition) is 0. The Morgan fingerprint density at radius 1 is 1.35 bits per heavy atom. The number of hydrogen-bond acceptors (Lipinski definition) is 4. The molecule has 1 aliphatic heterocycles. The summed E-state index contributed by atoms with van der Waals surface area (Å²) in [6, 6.07) is 6.23. The van der Waals surface area contributed by atoms with Crippen LogP contribution in [-0.2, 0) is 4.74 Å². The molecule has 106 valence electrons. The molecular weight excluding hydrogens is 250 g/mol. The first-order chi connectivity index (χ1) is 9.79. The highest BCUT2D eigenvalue weighted by atomic mass is 16.5. The lowest BCUT2D eigenvalue weighted by molar-refractivity contribution is 0.0525. The van der Waals surface area contributed by atoms with Crippen LogP contribution in [0.1, 0.15) is 25.3 Å². The Bertz CT molecular complexity index is 592. The van der Waals surface area contributed by atoms with Crippen molar-refractivity contribution in [2.45, 2.75) is 32.8 Å². The highest BCUT2D eigenvalue weighted by Crippen LogP contribution is 2.28. The van der Waals surface area contributed by atoms with Crippen molar-refractivity contribution < 1.29 is 4.74 Å². The van der Waals surface area contributed by atoms with E-state index in [2.05, 4.69) is 40.8 Å². The smallest absolute Gasteiger partial charge is 0.140 e. The quantitative estimate of drug-likeness (QED) is 0.860. The van der Waals surface area contributed by atoms with Crippen molar-refractivity contribution in [3.63, 3.8) is 0 Å². The summed E-state index contributed by atoms with van der Waals surface area (Å²) in [7, 11) is 0. The molecule has 1 saturated heterocycles. The molecule has 4 nitrogen and oxygen atoms in total. The van der Waals surface area contributed by atoms with Gasteiger partial charge in [0, 0.05) is 25.1 Å². The number of piperidine rings is 1. The fourth-order valence-electron chi connectivity index (χ4n) is 3.00. The summed E-state index contributed by atoms with van der Waals surface area (Å²) in [6.07, 6.45) is 4.29. The van der Waals surface area contributed by atoms with E-state index >= 15 is 0 Å². The number of aryl methyl sites for hydroxylation is 1. The number of aromatic nitrogens is 2. The van der Waals surface area contributed by atoms with Crippen LogP contribution in [0.4, 0.5) is 5.82 Å². The van der Waals surface area contributed by atoms with Crippen LogP contribution in [0.5, 0.6) is 0 Å². The van der Waals surface area contributed by atoms with E-state index in [1.165, 1.54) is 10.9 Å². The molecule has 1 aromatic carbocycles. The molecule has 1 aromatic heterocycles. The van der Waals surface area contributed by atoms with Crippen molar-refractivity contribution in [1.29, 1.82) is 0 Å². The summed E-state index contributed by atoms with van der Waals surface area (Å²) >= 11 is 0. The van der Waals surface area contributed by atoms with E-state index in [0.717, 1.165) is 43.9 Å². The monoisotopic (exact) mass is 271 g/mol. The normalized spacial score (nSPS) is 19.5. The van der Waals surface area contributed by atoms with E-state index in [4.69, 9.17) is 4.74 Å². The molecule has 0 spiro atoms. The lowest BCUT2D eigenvalue weighted by Crippen LogP contribution is -2.40. The van der Waals surface area contributed by atoms with E-state index in [9.17, 15) is 0 Å². The minimum atomic E-state index is 0.322. The molecule has 0 aliphatic carbocycles. The predicted octanol–water partition coefficient (Wildman–Crippen LogP) is 2.94. The van der Waals surface area contributed by atoms with E-state index in [-0.39, 0.29) is 0 Å². The molecular formula is C16H21N3O. The van der Waals surface area contributed by atoms with Crippen LogP contribution < -0.4 is 4.90 Å². The highest BCUT2D eigenvalue weighted by molar-refractivity contribution is 5.92. The van der Waals surface area contributed by atoms with Crippen LogP contribution in [-0.4, -0.2) is 35.8 Å². The number of rotatable bonds is 3. The number of anilines is 1. The fourth-order valence-corrected chi connectivity index (χ4v) is 3.00. The third-order valence-electron chi connectivity index (χ3n) is 3.93. The first-order valence-corrected chi connectivity index (χ1v) is 7.36. The van der Waals surface area contributed by atoms with E-state index in [1.807, 2.05) is 6.07 Å². The maximum absolute atomic E-state index is 5.79. The highest BCUT2D eigenvalue weighted by Gasteiger charge is 2.23. The average molecular weight is 271 g/mol. The Hall–Kier alpha value is -1.68. The predicted molar refractivity (Wildman–Crippen MR) is 81.1 cm³/mol. The van der Waals surface area contributed by atoms with Gasteiger partial charge in [-0.15, -0.1) is 0 Å². The minimum Gasteiger partial charge on any atom is -0.377 e. The Balaban J connectivity index is 1.97. The lowest BCUT2D eigenvalue weighted by Gasteiger charge is -2.34. The van der Waals surface area contributed by atoms with Gasteiger partial charge in [0.2, 0.25) is 0 Å². The van der Waals surface area contributed by atoms with Gasteiger partial charge in [0.1, 0.15) is 12.1 Å². The maximum Gasteiger partial charge on any atom is 0.140 e. The first kappa shape index (κ1) is 13.3. The molecule has 2 heterocycles. The largest absolute Gasteiger partial charge is 0.377 e. The van der Waals surface area contributed by atoms with Gasteiger partial charge in [-0.3, -0.25) is 0 Å². The molecule has 3 rings (SSSR count). The van der Waals surface area contributed by atoms with Gasteiger partial charge in [-0.05, 0) is 38.3 Å². The standard InChI is InChI=1S/C16H21N3O/c1-3-20-13-7-5-9-19(10-13)16-15-12(2)6-4-8-14(15)17-11-18-16/h4,6,8,11,13H,3,5,7,9-10H2,1-2H3.